The summed E-state index contributed by atoms with van der Waals surface area (Å²) < 4.78 is 0. The first kappa shape index (κ1) is 10.7. The Hall–Kier alpha value is -0.340. The van der Waals surface area contributed by atoms with Crippen molar-refractivity contribution in [1.82, 2.24) is 9.80 Å². The third-order valence-electron chi connectivity index (χ3n) is 2.70. The molecule has 0 saturated carbocycles. The zero-order valence-corrected chi connectivity index (χ0v) is 9.38. The van der Waals surface area contributed by atoms with Crippen molar-refractivity contribution in [3.05, 3.63) is 11.6 Å². The monoisotopic (exact) mass is 182 g/mol. The van der Waals surface area contributed by atoms with E-state index < -0.39 is 0 Å². The van der Waals surface area contributed by atoms with Gasteiger partial charge in [0, 0.05) is 32.2 Å². The highest BCUT2D eigenvalue weighted by Crippen LogP contribution is 2.07. The first-order valence-corrected chi connectivity index (χ1v) is 5.15. The van der Waals surface area contributed by atoms with Gasteiger partial charge < -0.3 is 4.90 Å². The van der Waals surface area contributed by atoms with Crippen LogP contribution < -0.4 is 0 Å². The highest BCUT2D eigenvalue weighted by molar-refractivity contribution is 4.96. The van der Waals surface area contributed by atoms with Crippen LogP contribution in [0, 0.1) is 0 Å². The van der Waals surface area contributed by atoms with Gasteiger partial charge in [0.15, 0.2) is 0 Å². The topological polar surface area (TPSA) is 6.48 Å². The van der Waals surface area contributed by atoms with Crippen LogP contribution in [0.15, 0.2) is 11.6 Å². The summed E-state index contributed by atoms with van der Waals surface area (Å²) >= 11 is 0. The lowest BCUT2D eigenvalue weighted by atomic mass is 10.2. The van der Waals surface area contributed by atoms with Gasteiger partial charge in [0.2, 0.25) is 0 Å². The molecule has 0 radical (unpaired) electrons. The van der Waals surface area contributed by atoms with Crippen molar-refractivity contribution in [3.63, 3.8) is 0 Å². The van der Waals surface area contributed by atoms with Crippen molar-refractivity contribution >= 4 is 0 Å². The molecular formula is C11H22N2. The Morgan fingerprint density at radius 2 is 2.08 bits per heavy atom. The zero-order chi connectivity index (χ0) is 9.84. The van der Waals surface area contributed by atoms with E-state index in [4.69, 9.17) is 0 Å². The number of hydrogen-bond donors (Lipinski definition) is 0. The maximum atomic E-state index is 2.55. The zero-order valence-electron chi connectivity index (χ0n) is 9.38. The van der Waals surface area contributed by atoms with E-state index in [1.807, 2.05) is 0 Å². The van der Waals surface area contributed by atoms with Gasteiger partial charge in [-0.25, -0.2) is 0 Å². The van der Waals surface area contributed by atoms with Crippen molar-refractivity contribution in [2.75, 3.05) is 33.2 Å². The number of rotatable bonds is 2. The van der Waals surface area contributed by atoms with E-state index in [1.54, 1.807) is 0 Å². The Morgan fingerprint density at radius 3 is 2.62 bits per heavy atom. The molecule has 1 rings (SSSR count). The minimum atomic E-state index is 0.703. The molecule has 1 saturated heterocycles. The molecule has 2 heteroatoms. The van der Waals surface area contributed by atoms with Crippen molar-refractivity contribution < 1.29 is 0 Å². The average molecular weight is 182 g/mol. The maximum Gasteiger partial charge on any atom is 0.0198 e. The molecule has 1 fully saturated rings. The van der Waals surface area contributed by atoms with E-state index in [2.05, 4.69) is 43.7 Å². The lowest BCUT2D eigenvalue weighted by molar-refractivity contribution is 0.111. The second-order valence-electron chi connectivity index (χ2n) is 4.39. The average Bonchev–Trinajstić information content (AvgIpc) is 2.02. The summed E-state index contributed by atoms with van der Waals surface area (Å²) in [7, 11) is 2.20. The lowest BCUT2D eigenvalue weighted by Crippen LogP contribution is -2.50. The number of nitrogens with zero attached hydrogens (tertiary/aromatic N) is 2. The largest absolute Gasteiger partial charge is 0.304 e. The van der Waals surface area contributed by atoms with Gasteiger partial charge in [0.25, 0.3) is 0 Å². The third-order valence-corrected chi connectivity index (χ3v) is 2.70. The molecule has 0 aromatic heterocycles. The van der Waals surface area contributed by atoms with Crippen LogP contribution in [0.2, 0.25) is 0 Å². The van der Waals surface area contributed by atoms with Crippen molar-refractivity contribution in [2.45, 2.75) is 26.8 Å². The highest BCUT2D eigenvalue weighted by Gasteiger charge is 2.19. The second kappa shape index (κ2) is 4.77. The van der Waals surface area contributed by atoms with Gasteiger partial charge in [-0.1, -0.05) is 11.6 Å². The van der Waals surface area contributed by atoms with Crippen LogP contribution in [0.3, 0.4) is 0 Å². The maximum absolute atomic E-state index is 2.55. The van der Waals surface area contributed by atoms with Crippen molar-refractivity contribution in [1.29, 1.82) is 0 Å². The molecule has 0 unspecified atom stereocenters. The molecule has 0 spiro atoms. The molecule has 2 nitrogen and oxygen atoms in total. The van der Waals surface area contributed by atoms with E-state index in [9.17, 15) is 0 Å². The Kier molecular flexibility index (Phi) is 3.94. The van der Waals surface area contributed by atoms with Gasteiger partial charge in [-0.05, 0) is 27.8 Å². The Bertz CT molecular complexity index is 183. The van der Waals surface area contributed by atoms with Gasteiger partial charge >= 0.3 is 0 Å². The summed E-state index contributed by atoms with van der Waals surface area (Å²) in [4.78, 5) is 4.96. The summed E-state index contributed by atoms with van der Waals surface area (Å²) in [5, 5.41) is 0. The van der Waals surface area contributed by atoms with E-state index >= 15 is 0 Å². The molecule has 76 valence electrons. The molecule has 0 amide bonds. The van der Waals surface area contributed by atoms with Crippen LogP contribution in [0.1, 0.15) is 20.8 Å². The Labute approximate surface area is 82.2 Å². The smallest absolute Gasteiger partial charge is 0.0198 e. The number of hydrogen-bond acceptors (Lipinski definition) is 2. The molecule has 1 aliphatic rings. The number of piperazine rings is 1. The van der Waals surface area contributed by atoms with Gasteiger partial charge in [-0.2, -0.15) is 0 Å². The van der Waals surface area contributed by atoms with Crippen molar-refractivity contribution in [2.24, 2.45) is 0 Å². The Morgan fingerprint density at radius 1 is 1.38 bits per heavy atom. The molecule has 0 aliphatic carbocycles. The molecular weight excluding hydrogens is 160 g/mol. The second-order valence-corrected chi connectivity index (χ2v) is 4.39. The molecule has 1 aliphatic heterocycles. The fourth-order valence-electron chi connectivity index (χ4n) is 1.75. The summed E-state index contributed by atoms with van der Waals surface area (Å²) in [5.41, 5.74) is 1.42. The molecule has 0 aromatic rings. The van der Waals surface area contributed by atoms with Gasteiger partial charge in [-0.15, -0.1) is 0 Å². The van der Waals surface area contributed by atoms with Gasteiger partial charge in [0.05, 0.1) is 0 Å². The number of likely N-dealkylation sites (N-methyl/N-ethyl adjacent to an activating group) is 1. The quantitative estimate of drug-likeness (QED) is 0.598. The van der Waals surface area contributed by atoms with E-state index in [0.29, 0.717) is 6.04 Å². The van der Waals surface area contributed by atoms with E-state index in [0.717, 1.165) is 6.54 Å². The van der Waals surface area contributed by atoms with Gasteiger partial charge in [-0.3, -0.25) is 4.90 Å². The van der Waals surface area contributed by atoms with Crippen LogP contribution in [0.25, 0.3) is 0 Å². The van der Waals surface area contributed by atoms with Crippen molar-refractivity contribution in [3.8, 4) is 0 Å². The fourth-order valence-corrected chi connectivity index (χ4v) is 1.75. The van der Waals surface area contributed by atoms with Gasteiger partial charge in [0.1, 0.15) is 0 Å². The molecule has 0 N–H and O–H groups in total. The lowest BCUT2D eigenvalue weighted by Gasteiger charge is -2.37. The molecule has 0 aromatic carbocycles. The normalized spacial score (nSPS) is 26.0. The fraction of sp³-hybridized carbons (Fsp3) is 0.818. The molecule has 1 heterocycles. The first-order chi connectivity index (χ1) is 6.09. The van der Waals surface area contributed by atoms with Crippen LogP contribution in [0.4, 0.5) is 0 Å². The minimum Gasteiger partial charge on any atom is -0.304 e. The summed E-state index contributed by atoms with van der Waals surface area (Å²) in [6.45, 7) is 11.4. The number of allylic oxidation sites excluding steroid dienone is 1. The summed E-state index contributed by atoms with van der Waals surface area (Å²) in [5.74, 6) is 0. The summed E-state index contributed by atoms with van der Waals surface area (Å²) in [6.07, 6.45) is 2.32. The van der Waals surface area contributed by atoms with Crippen LogP contribution in [-0.4, -0.2) is 49.1 Å². The van der Waals surface area contributed by atoms with E-state index in [-0.39, 0.29) is 0 Å². The molecule has 1 atom stereocenters. The third kappa shape index (κ3) is 3.49. The highest BCUT2D eigenvalue weighted by atomic mass is 15.3. The van der Waals surface area contributed by atoms with Crippen LogP contribution in [-0.2, 0) is 0 Å². The molecule has 13 heavy (non-hydrogen) atoms. The predicted octanol–water partition coefficient (Wildman–Crippen LogP) is 1.59. The molecule has 0 bridgehead atoms. The Balaban J connectivity index is 2.38. The summed E-state index contributed by atoms with van der Waals surface area (Å²) in [6, 6.07) is 0.703. The first-order valence-electron chi connectivity index (χ1n) is 5.15. The van der Waals surface area contributed by atoms with E-state index in [1.165, 1.54) is 25.2 Å². The SMILES string of the molecule is CC(C)=CCN1CCN(C)C[C@H]1C. The van der Waals surface area contributed by atoms with Crippen LogP contribution >= 0.6 is 0 Å². The predicted molar refractivity (Wildman–Crippen MR) is 58.0 cm³/mol. The standard InChI is InChI=1S/C11H22N2/c1-10(2)5-6-13-8-7-12(4)9-11(13)3/h5,11H,6-9H2,1-4H3/t11-/m1/s1. The van der Waals surface area contributed by atoms with Crippen LogP contribution in [0.5, 0.6) is 0 Å². The minimum absolute atomic E-state index is 0.703.